The molecular weight excluding hydrogens is 320 g/mol. The first-order valence-electron chi connectivity index (χ1n) is 6.79. The number of benzene rings is 1. The number of rotatable bonds is 3. The first-order chi connectivity index (χ1) is 9.47. The number of hydrogen-bond acceptors (Lipinski definition) is 2. The summed E-state index contributed by atoms with van der Waals surface area (Å²) in [4.78, 5) is 25.3. The fourth-order valence-corrected chi connectivity index (χ4v) is 2.93. The maximum Gasteiger partial charge on any atom is 0.227 e. The minimum absolute atomic E-state index is 0.0772. The van der Waals surface area contributed by atoms with Crippen LogP contribution < -0.4 is 5.73 Å². The van der Waals surface area contributed by atoms with Gasteiger partial charge in [0.15, 0.2) is 0 Å². The number of primary amides is 1. The Morgan fingerprint density at radius 2 is 2.00 bits per heavy atom. The fourth-order valence-electron chi connectivity index (χ4n) is 2.52. The van der Waals surface area contributed by atoms with E-state index in [4.69, 9.17) is 5.73 Å². The van der Waals surface area contributed by atoms with Crippen LogP contribution in [0, 0.1) is 12.8 Å². The van der Waals surface area contributed by atoms with Gasteiger partial charge in [0.05, 0.1) is 6.42 Å². The molecule has 2 N–H and O–H groups in total. The Kier molecular flexibility index (Phi) is 4.81. The van der Waals surface area contributed by atoms with Crippen LogP contribution >= 0.6 is 15.9 Å². The third-order valence-electron chi connectivity index (χ3n) is 3.90. The molecule has 1 aliphatic rings. The summed E-state index contributed by atoms with van der Waals surface area (Å²) >= 11 is 3.43. The molecule has 4 nitrogen and oxygen atoms in total. The topological polar surface area (TPSA) is 63.4 Å². The van der Waals surface area contributed by atoms with Crippen LogP contribution in [0.15, 0.2) is 22.7 Å². The zero-order valence-corrected chi connectivity index (χ0v) is 13.1. The van der Waals surface area contributed by atoms with E-state index >= 15 is 0 Å². The summed E-state index contributed by atoms with van der Waals surface area (Å²) < 4.78 is 0.985. The van der Waals surface area contributed by atoms with Crippen molar-refractivity contribution in [3.05, 3.63) is 33.8 Å². The van der Waals surface area contributed by atoms with Gasteiger partial charge in [0.1, 0.15) is 0 Å². The number of carbonyl (C=O) groups excluding carboxylic acids is 2. The lowest BCUT2D eigenvalue weighted by molar-refractivity contribution is -0.134. The van der Waals surface area contributed by atoms with E-state index in [-0.39, 0.29) is 17.7 Å². The summed E-state index contributed by atoms with van der Waals surface area (Å²) in [5.74, 6) is -0.208. The van der Waals surface area contributed by atoms with Gasteiger partial charge in [0.2, 0.25) is 11.8 Å². The monoisotopic (exact) mass is 338 g/mol. The molecule has 1 fully saturated rings. The standard InChI is InChI=1S/C15H19BrN2O2/c1-10-2-3-13(16)8-12(10)9-14(19)18-6-4-11(5-7-18)15(17)20/h2-3,8,11H,4-7,9H2,1H3,(H2,17,20). The number of piperidine rings is 1. The summed E-state index contributed by atoms with van der Waals surface area (Å²) in [5, 5.41) is 0. The lowest BCUT2D eigenvalue weighted by Gasteiger charge is -2.30. The molecular formula is C15H19BrN2O2. The molecule has 0 aliphatic carbocycles. The average Bonchev–Trinajstić information content (AvgIpc) is 2.43. The van der Waals surface area contributed by atoms with Crippen LogP contribution in [0.25, 0.3) is 0 Å². The molecule has 0 saturated carbocycles. The van der Waals surface area contributed by atoms with Gasteiger partial charge >= 0.3 is 0 Å². The van der Waals surface area contributed by atoms with Crippen molar-refractivity contribution < 1.29 is 9.59 Å². The van der Waals surface area contributed by atoms with Crippen LogP contribution in [0.5, 0.6) is 0 Å². The maximum atomic E-state index is 12.3. The van der Waals surface area contributed by atoms with Crippen LogP contribution in [0.4, 0.5) is 0 Å². The van der Waals surface area contributed by atoms with Crippen molar-refractivity contribution in [2.45, 2.75) is 26.2 Å². The lowest BCUT2D eigenvalue weighted by atomic mass is 9.95. The van der Waals surface area contributed by atoms with Gasteiger partial charge in [-0.25, -0.2) is 0 Å². The molecule has 1 aromatic rings. The molecule has 0 bridgehead atoms. The molecule has 0 aromatic heterocycles. The molecule has 0 atom stereocenters. The Hall–Kier alpha value is -1.36. The van der Waals surface area contributed by atoms with Crippen molar-refractivity contribution in [2.24, 2.45) is 11.7 Å². The van der Waals surface area contributed by atoms with E-state index in [1.807, 2.05) is 30.0 Å². The fraction of sp³-hybridized carbons (Fsp3) is 0.467. The normalized spacial score (nSPS) is 16.2. The highest BCUT2D eigenvalue weighted by Crippen LogP contribution is 2.20. The van der Waals surface area contributed by atoms with Crippen molar-refractivity contribution in [1.82, 2.24) is 4.90 Å². The van der Waals surface area contributed by atoms with Crippen LogP contribution in [-0.4, -0.2) is 29.8 Å². The van der Waals surface area contributed by atoms with Gasteiger partial charge in [0, 0.05) is 23.5 Å². The van der Waals surface area contributed by atoms with E-state index in [1.165, 1.54) is 0 Å². The van der Waals surface area contributed by atoms with Crippen LogP contribution in [0.1, 0.15) is 24.0 Å². The second-order valence-corrected chi connectivity index (χ2v) is 6.22. The average molecular weight is 339 g/mol. The first kappa shape index (κ1) is 15.0. The van der Waals surface area contributed by atoms with E-state index in [0.717, 1.165) is 15.6 Å². The number of carbonyl (C=O) groups is 2. The molecule has 0 unspecified atom stereocenters. The van der Waals surface area contributed by atoms with E-state index < -0.39 is 0 Å². The summed E-state index contributed by atoms with van der Waals surface area (Å²) in [6.45, 7) is 3.26. The highest BCUT2D eigenvalue weighted by molar-refractivity contribution is 9.10. The molecule has 20 heavy (non-hydrogen) atoms. The SMILES string of the molecule is Cc1ccc(Br)cc1CC(=O)N1CCC(C(N)=O)CC1. The first-order valence-corrected chi connectivity index (χ1v) is 7.59. The number of hydrogen-bond donors (Lipinski definition) is 1. The molecule has 0 radical (unpaired) electrons. The van der Waals surface area contributed by atoms with Crippen molar-refractivity contribution in [3.8, 4) is 0 Å². The van der Waals surface area contributed by atoms with Gasteiger partial charge in [0.25, 0.3) is 0 Å². The third-order valence-corrected chi connectivity index (χ3v) is 4.40. The Morgan fingerprint density at radius 3 is 2.60 bits per heavy atom. The van der Waals surface area contributed by atoms with Gasteiger partial charge in [-0.2, -0.15) is 0 Å². The van der Waals surface area contributed by atoms with E-state index in [9.17, 15) is 9.59 Å². The van der Waals surface area contributed by atoms with Gasteiger partial charge < -0.3 is 10.6 Å². The summed E-state index contributed by atoms with van der Waals surface area (Å²) in [7, 11) is 0. The number of halogens is 1. The third kappa shape index (κ3) is 3.60. The Labute approximate surface area is 127 Å². The molecule has 2 rings (SSSR count). The molecule has 108 valence electrons. The predicted octanol–water partition coefficient (Wildman–Crippen LogP) is 2.02. The largest absolute Gasteiger partial charge is 0.369 e. The number of likely N-dealkylation sites (tertiary alicyclic amines) is 1. The molecule has 1 aromatic carbocycles. The number of nitrogens with zero attached hydrogens (tertiary/aromatic N) is 1. The summed E-state index contributed by atoms with van der Waals surface area (Å²) in [6, 6.07) is 5.97. The minimum atomic E-state index is -0.250. The van der Waals surface area contributed by atoms with Gasteiger partial charge in [-0.3, -0.25) is 9.59 Å². The van der Waals surface area contributed by atoms with Crippen LogP contribution in [0.3, 0.4) is 0 Å². The van der Waals surface area contributed by atoms with Gasteiger partial charge in [-0.15, -0.1) is 0 Å². The zero-order chi connectivity index (χ0) is 14.7. The van der Waals surface area contributed by atoms with Gasteiger partial charge in [-0.1, -0.05) is 22.0 Å². The second kappa shape index (κ2) is 6.39. The number of nitrogens with two attached hydrogens (primary N) is 1. The second-order valence-electron chi connectivity index (χ2n) is 5.31. The lowest BCUT2D eigenvalue weighted by Crippen LogP contribution is -2.42. The summed E-state index contributed by atoms with van der Waals surface area (Å²) in [6.07, 6.45) is 1.77. The Bertz CT molecular complexity index is 523. The number of amides is 2. The van der Waals surface area contributed by atoms with E-state index in [1.54, 1.807) is 0 Å². The molecule has 1 heterocycles. The Balaban J connectivity index is 1.96. The quantitative estimate of drug-likeness (QED) is 0.916. The Morgan fingerprint density at radius 1 is 1.35 bits per heavy atom. The van der Waals surface area contributed by atoms with E-state index in [0.29, 0.717) is 32.4 Å². The maximum absolute atomic E-state index is 12.3. The highest BCUT2D eigenvalue weighted by Gasteiger charge is 2.25. The molecule has 1 saturated heterocycles. The summed E-state index contributed by atoms with van der Waals surface area (Å²) in [5.41, 5.74) is 7.46. The van der Waals surface area contributed by atoms with Crippen molar-refractivity contribution in [3.63, 3.8) is 0 Å². The minimum Gasteiger partial charge on any atom is -0.369 e. The highest BCUT2D eigenvalue weighted by atomic mass is 79.9. The van der Waals surface area contributed by atoms with Crippen molar-refractivity contribution in [1.29, 1.82) is 0 Å². The smallest absolute Gasteiger partial charge is 0.227 e. The van der Waals surface area contributed by atoms with Crippen LogP contribution in [0.2, 0.25) is 0 Å². The van der Waals surface area contributed by atoms with Crippen molar-refractivity contribution >= 4 is 27.7 Å². The zero-order valence-electron chi connectivity index (χ0n) is 11.6. The van der Waals surface area contributed by atoms with Crippen LogP contribution in [-0.2, 0) is 16.0 Å². The molecule has 0 spiro atoms. The molecule has 5 heteroatoms. The number of aryl methyl sites for hydroxylation is 1. The molecule has 1 aliphatic heterocycles. The predicted molar refractivity (Wildman–Crippen MR) is 81.1 cm³/mol. The van der Waals surface area contributed by atoms with E-state index in [2.05, 4.69) is 15.9 Å². The molecule has 2 amide bonds. The van der Waals surface area contributed by atoms with Crippen molar-refractivity contribution in [2.75, 3.05) is 13.1 Å². The van der Waals surface area contributed by atoms with Gasteiger partial charge in [-0.05, 0) is 43.0 Å².